The first-order valence-corrected chi connectivity index (χ1v) is 12.7. The zero-order chi connectivity index (χ0) is 25.3. The van der Waals surface area contributed by atoms with Gasteiger partial charge in [0.25, 0.3) is 0 Å². The van der Waals surface area contributed by atoms with E-state index >= 15 is 0 Å². The quantitative estimate of drug-likeness (QED) is 0.259. The average Bonchev–Trinajstić information content (AvgIpc) is 3.35. The Kier molecular flexibility index (Phi) is 7.02. The van der Waals surface area contributed by atoms with Gasteiger partial charge in [0, 0.05) is 28.6 Å². The van der Waals surface area contributed by atoms with Crippen molar-refractivity contribution in [1.82, 2.24) is 15.2 Å². The van der Waals surface area contributed by atoms with Crippen molar-refractivity contribution in [2.45, 2.75) is 57.5 Å². The molecule has 36 heavy (non-hydrogen) atoms. The van der Waals surface area contributed by atoms with E-state index in [-0.39, 0.29) is 5.92 Å². The minimum atomic E-state index is -4.37. The molecule has 0 bridgehead atoms. The molecule has 4 nitrogen and oxygen atoms in total. The van der Waals surface area contributed by atoms with Crippen LogP contribution in [0.15, 0.2) is 59.1 Å². The van der Waals surface area contributed by atoms with Crippen LogP contribution in [0.3, 0.4) is 0 Å². The topological polar surface area (TPSA) is 51.8 Å². The summed E-state index contributed by atoms with van der Waals surface area (Å²) < 4.78 is 45.9. The fourth-order valence-electron chi connectivity index (χ4n) is 5.52. The van der Waals surface area contributed by atoms with Crippen LogP contribution < -0.4 is 0 Å². The fraction of sp³-hybridized carbons (Fsp3) is 0.393. The lowest BCUT2D eigenvalue weighted by molar-refractivity contribution is -0.137. The van der Waals surface area contributed by atoms with Crippen molar-refractivity contribution in [2.75, 3.05) is 0 Å². The molecule has 2 aromatic carbocycles. The molecule has 5 rings (SSSR count). The van der Waals surface area contributed by atoms with Gasteiger partial charge in [-0.1, -0.05) is 24.9 Å². The maximum absolute atomic E-state index is 13.3. The summed E-state index contributed by atoms with van der Waals surface area (Å²) in [6, 6.07) is 13.0. The van der Waals surface area contributed by atoms with Crippen LogP contribution >= 0.6 is 11.6 Å². The van der Waals surface area contributed by atoms with Gasteiger partial charge in [0.1, 0.15) is 0 Å². The van der Waals surface area contributed by atoms with Crippen LogP contribution in [0.25, 0.3) is 22.4 Å². The summed E-state index contributed by atoms with van der Waals surface area (Å²) >= 11 is 5.97. The van der Waals surface area contributed by atoms with Crippen LogP contribution in [0.2, 0.25) is 5.02 Å². The first kappa shape index (κ1) is 24.8. The monoisotopic (exact) mass is 513 g/mol. The summed E-state index contributed by atoms with van der Waals surface area (Å²) in [5.74, 6) is 2.27. The molecule has 0 spiro atoms. The maximum atomic E-state index is 13.3. The van der Waals surface area contributed by atoms with E-state index in [1.54, 1.807) is 18.3 Å². The minimum Gasteiger partial charge on any atom is -0.421 e. The second-order valence-electron chi connectivity index (χ2n) is 9.62. The fourth-order valence-corrected chi connectivity index (χ4v) is 5.64. The third-order valence-corrected chi connectivity index (χ3v) is 7.75. The number of benzene rings is 2. The van der Waals surface area contributed by atoms with Gasteiger partial charge in [-0.25, -0.2) is 0 Å². The zero-order valence-electron chi connectivity index (χ0n) is 19.9. The van der Waals surface area contributed by atoms with Crippen LogP contribution in [0.1, 0.15) is 62.0 Å². The molecule has 0 aliphatic heterocycles. The number of aromatic nitrogens is 3. The smallest absolute Gasteiger partial charge is 0.416 e. The van der Waals surface area contributed by atoms with Crippen molar-refractivity contribution < 1.29 is 17.6 Å². The van der Waals surface area contributed by atoms with Gasteiger partial charge in [-0.3, -0.25) is 4.98 Å². The first-order valence-electron chi connectivity index (χ1n) is 12.4. The zero-order valence-corrected chi connectivity index (χ0v) is 20.7. The Morgan fingerprint density at radius 2 is 1.75 bits per heavy atom. The van der Waals surface area contributed by atoms with Crippen LogP contribution in [-0.2, 0) is 12.6 Å². The molecule has 2 heterocycles. The number of halogens is 4. The normalized spacial score (nSPS) is 19.5. The average molecular weight is 514 g/mol. The van der Waals surface area contributed by atoms with Gasteiger partial charge >= 0.3 is 6.18 Å². The summed E-state index contributed by atoms with van der Waals surface area (Å²) in [5, 5.41) is 9.75. The molecule has 1 fully saturated rings. The van der Waals surface area contributed by atoms with E-state index in [1.807, 2.05) is 18.2 Å². The van der Waals surface area contributed by atoms with Crippen molar-refractivity contribution in [2.24, 2.45) is 11.8 Å². The number of pyridine rings is 1. The lowest BCUT2D eigenvalue weighted by atomic mass is 9.72. The van der Waals surface area contributed by atoms with Crippen molar-refractivity contribution in [3.8, 4) is 11.5 Å². The summed E-state index contributed by atoms with van der Waals surface area (Å²) in [6.07, 6.45) is 2.98. The second kappa shape index (κ2) is 10.2. The third kappa shape index (κ3) is 5.26. The molecular formula is C28H27ClF3N3O. The van der Waals surface area contributed by atoms with Gasteiger partial charge in [-0.15, -0.1) is 10.2 Å². The summed E-state index contributed by atoms with van der Waals surface area (Å²) in [4.78, 5) is 4.29. The molecule has 0 N–H and O–H groups in total. The van der Waals surface area contributed by atoms with Gasteiger partial charge in [0.2, 0.25) is 11.8 Å². The predicted octanol–water partition coefficient (Wildman–Crippen LogP) is 8.50. The minimum absolute atomic E-state index is 0.229. The molecule has 4 aromatic rings. The molecule has 188 valence electrons. The Hall–Kier alpha value is -2.93. The van der Waals surface area contributed by atoms with Crippen LogP contribution in [0, 0.1) is 11.8 Å². The van der Waals surface area contributed by atoms with Crippen LogP contribution in [-0.4, -0.2) is 15.2 Å². The Morgan fingerprint density at radius 1 is 1.00 bits per heavy atom. The number of rotatable bonds is 6. The Labute approximate surface area is 212 Å². The maximum Gasteiger partial charge on any atom is 0.416 e. The van der Waals surface area contributed by atoms with E-state index in [0.29, 0.717) is 39.5 Å². The van der Waals surface area contributed by atoms with E-state index in [0.717, 1.165) is 55.7 Å². The molecule has 1 atom stereocenters. The van der Waals surface area contributed by atoms with Crippen molar-refractivity contribution in [3.63, 3.8) is 0 Å². The third-order valence-electron chi connectivity index (χ3n) is 7.50. The molecule has 0 saturated heterocycles. The number of hydrogen-bond donors (Lipinski definition) is 0. The lowest BCUT2D eigenvalue weighted by Crippen LogP contribution is -2.22. The van der Waals surface area contributed by atoms with Crippen LogP contribution in [0.4, 0.5) is 13.2 Å². The molecule has 1 aliphatic rings. The molecule has 0 radical (unpaired) electrons. The first-order chi connectivity index (χ1) is 17.3. The number of hydrogen-bond acceptors (Lipinski definition) is 4. The van der Waals surface area contributed by atoms with E-state index in [1.165, 1.54) is 12.1 Å². The van der Waals surface area contributed by atoms with E-state index < -0.39 is 11.7 Å². The van der Waals surface area contributed by atoms with E-state index in [2.05, 4.69) is 22.1 Å². The highest BCUT2D eigenvalue weighted by Crippen LogP contribution is 2.43. The molecule has 8 heteroatoms. The molecule has 0 amide bonds. The molecule has 1 aliphatic carbocycles. The van der Waals surface area contributed by atoms with Gasteiger partial charge < -0.3 is 4.42 Å². The largest absolute Gasteiger partial charge is 0.421 e. The molecule has 2 aromatic heterocycles. The summed E-state index contributed by atoms with van der Waals surface area (Å²) in [5.41, 5.74) is 1.80. The summed E-state index contributed by atoms with van der Waals surface area (Å²) in [6.45, 7) is 2.18. The highest BCUT2D eigenvalue weighted by Gasteiger charge is 2.32. The highest BCUT2D eigenvalue weighted by atomic mass is 35.5. The van der Waals surface area contributed by atoms with Crippen molar-refractivity contribution in [3.05, 3.63) is 76.8 Å². The molecule has 1 saturated carbocycles. The summed E-state index contributed by atoms with van der Waals surface area (Å²) in [7, 11) is 0. The number of nitrogens with zero attached hydrogens (tertiary/aromatic N) is 3. The number of fused-ring (bicyclic) bond motifs is 1. The molecule has 1 unspecified atom stereocenters. The van der Waals surface area contributed by atoms with Crippen molar-refractivity contribution >= 4 is 22.5 Å². The molecular weight excluding hydrogens is 487 g/mol. The van der Waals surface area contributed by atoms with Gasteiger partial charge in [0.05, 0.1) is 11.1 Å². The predicted molar refractivity (Wildman–Crippen MR) is 134 cm³/mol. The van der Waals surface area contributed by atoms with Gasteiger partial charge in [-0.2, -0.15) is 13.2 Å². The Morgan fingerprint density at radius 3 is 2.44 bits per heavy atom. The highest BCUT2D eigenvalue weighted by molar-refractivity contribution is 6.30. The van der Waals surface area contributed by atoms with E-state index in [9.17, 15) is 13.2 Å². The standard InChI is InChI=1S/C28H27ClF3N3O/c1-2-17(15-26-34-35-27(36-26)20-7-10-22(29)11-8-20)18-3-5-19(6-4-18)23-13-14-33-25-12-9-21(16-24(23)25)28(30,31)32/h7-14,16-19H,2-6,15H2,1H3. The van der Waals surface area contributed by atoms with Gasteiger partial charge in [-0.05, 0) is 97.5 Å². The lowest BCUT2D eigenvalue weighted by Gasteiger charge is -2.33. The SMILES string of the molecule is CCC(Cc1nnc(-c2ccc(Cl)cc2)o1)C1CCC(c2ccnc3ccc(C(F)(F)F)cc23)CC1. The van der Waals surface area contributed by atoms with Gasteiger partial charge in [0.15, 0.2) is 0 Å². The van der Waals surface area contributed by atoms with Crippen molar-refractivity contribution in [1.29, 1.82) is 0 Å². The number of alkyl halides is 3. The Bertz CT molecular complexity index is 1330. The van der Waals surface area contributed by atoms with Crippen LogP contribution in [0.5, 0.6) is 0 Å². The Balaban J connectivity index is 1.27. The second-order valence-corrected chi connectivity index (χ2v) is 10.1. The van der Waals surface area contributed by atoms with E-state index in [4.69, 9.17) is 16.0 Å².